The normalized spacial score (nSPS) is 10.7. The zero-order valence-electron chi connectivity index (χ0n) is 21.8. The zero-order valence-corrected chi connectivity index (χ0v) is 21.8. The highest BCUT2D eigenvalue weighted by Gasteiger charge is 2.14. The van der Waals surface area contributed by atoms with Crippen molar-refractivity contribution in [3.8, 4) is 11.8 Å². The van der Waals surface area contributed by atoms with Crippen LogP contribution in [0.1, 0.15) is 34.3 Å². The number of carbonyl (C=O) groups is 1. The molecule has 11 heteroatoms. The van der Waals surface area contributed by atoms with Crippen molar-refractivity contribution in [1.29, 1.82) is 0 Å². The number of nitrogens with one attached hydrogen (secondary N) is 1. The molecule has 0 fully saturated rings. The van der Waals surface area contributed by atoms with Crippen LogP contribution in [-0.4, -0.2) is 29.9 Å². The molecule has 5 rings (SSSR count). The molecule has 0 amide bonds. The molecular weight excluding hydrogens is 530 g/mol. The van der Waals surface area contributed by atoms with Crippen LogP contribution >= 0.6 is 0 Å². The van der Waals surface area contributed by atoms with E-state index in [9.17, 15) is 23.2 Å². The van der Waals surface area contributed by atoms with E-state index in [0.717, 1.165) is 22.4 Å². The summed E-state index contributed by atoms with van der Waals surface area (Å²) in [5.74, 6) is 3.46. The zero-order chi connectivity index (χ0) is 28.9. The third kappa shape index (κ3) is 6.07. The van der Waals surface area contributed by atoms with Crippen LogP contribution in [0.4, 0.5) is 20.4 Å². The molecule has 0 saturated heterocycles. The molecule has 204 valence electrons. The molecule has 0 radical (unpaired) electrons. The Bertz CT molecular complexity index is 1960. The predicted octanol–water partition coefficient (Wildman–Crippen LogP) is 3.97. The number of aromatic nitrogens is 5. The lowest BCUT2D eigenvalue weighted by atomic mass is 10.1. The van der Waals surface area contributed by atoms with E-state index >= 15 is 0 Å². The first-order valence-corrected chi connectivity index (χ1v) is 12.5. The smallest absolute Gasteiger partial charge is 0.267 e. The van der Waals surface area contributed by atoms with Gasteiger partial charge in [-0.3, -0.25) is 23.5 Å². The SMILES string of the molecule is Cn1c(=O)c(C#CCCC(=O)c2cncn(Cc3ccc(F)c(F)c3)c2=O)cc2cnc(Nc3ccccc3)nc21. The number of hydrogen-bond acceptors (Lipinski definition) is 7. The molecule has 5 aromatic rings. The van der Waals surface area contributed by atoms with Gasteiger partial charge in [-0.15, -0.1) is 0 Å². The van der Waals surface area contributed by atoms with E-state index in [-0.39, 0.29) is 36.1 Å². The number of carbonyl (C=O) groups excluding carboxylic acids is 1. The summed E-state index contributed by atoms with van der Waals surface area (Å²) in [7, 11) is 1.59. The number of pyridine rings is 1. The van der Waals surface area contributed by atoms with Crippen LogP contribution in [0.15, 0.2) is 82.9 Å². The maximum atomic E-state index is 13.5. The molecule has 0 aliphatic heterocycles. The Kier molecular flexibility index (Phi) is 7.74. The van der Waals surface area contributed by atoms with Gasteiger partial charge >= 0.3 is 0 Å². The summed E-state index contributed by atoms with van der Waals surface area (Å²) in [5.41, 5.74) is 0.697. The summed E-state index contributed by atoms with van der Waals surface area (Å²) >= 11 is 0. The van der Waals surface area contributed by atoms with E-state index < -0.39 is 23.0 Å². The second-order valence-corrected chi connectivity index (χ2v) is 9.10. The van der Waals surface area contributed by atoms with Crippen molar-refractivity contribution >= 4 is 28.5 Å². The van der Waals surface area contributed by atoms with Crippen molar-refractivity contribution in [3.05, 3.63) is 122 Å². The Morgan fingerprint density at radius 2 is 1.80 bits per heavy atom. The van der Waals surface area contributed by atoms with Gasteiger partial charge in [0.15, 0.2) is 17.4 Å². The van der Waals surface area contributed by atoms with Crippen LogP contribution in [0, 0.1) is 23.5 Å². The number of rotatable bonds is 7. The first kappa shape index (κ1) is 27.1. The highest BCUT2D eigenvalue weighted by atomic mass is 19.2. The predicted molar refractivity (Wildman–Crippen MR) is 149 cm³/mol. The minimum atomic E-state index is -1.03. The van der Waals surface area contributed by atoms with Crippen LogP contribution in [-0.2, 0) is 13.6 Å². The lowest BCUT2D eigenvalue weighted by Crippen LogP contribution is -2.27. The molecule has 3 heterocycles. The highest BCUT2D eigenvalue weighted by Crippen LogP contribution is 2.16. The number of nitrogens with zero attached hydrogens (tertiary/aromatic N) is 5. The fourth-order valence-corrected chi connectivity index (χ4v) is 4.10. The minimum absolute atomic E-state index is 0.0787. The van der Waals surface area contributed by atoms with Crippen LogP contribution in [0.5, 0.6) is 0 Å². The van der Waals surface area contributed by atoms with Gasteiger partial charge in [-0.1, -0.05) is 36.1 Å². The van der Waals surface area contributed by atoms with Gasteiger partial charge in [-0.2, -0.15) is 4.98 Å². The standard InChI is InChI=1S/C30H22F2N6O3/c1-37-27-21(15-34-30(36-27)35-22-8-3-2-4-9-22)14-20(28(37)40)7-5-6-10-26(39)23-16-33-18-38(29(23)41)17-19-11-12-24(31)25(32)13-19/h2-4,8-9,11-16,18H,6,10,17H2,1H3,(H,34,35,36). The number of para-hydroxylation sites is 1. The molecule has 0 saturated carbocycles. The molecule has 9 nitrogen and oxygen atoms in total. The minimum Gasteiger partial charge on any atom is -0.324 e. The molecule has 41 heavy (non-hydrogen) atoms. The summed E-state index contributed by atoms with van der Waals surface area (Å²) in [5, 5.41) is 3.71. The van der Waals surface area contributed by atoms with E-state index in [0.29, 0.717) is 22.5 Å². The third-order valence-electron chi connectivity index (χ3n) is 6.22. The molecule has 0 unspecified atom stereocenters. The molecular formula is C30H22F2N6O3. The fourth-order valence-electron chi connectivity index (χ4n) is 4.10. The Morgan fingerprint density at radius 1 is 1.00 bits per heavy atom. The van der Waals surface area contributed by atoms with Crippen LogP contribution in [0.25, 0.3) is 11.0 Å². The number of halogens is 2. The van der Waals surface area contributed by atoms with Gasteiger partial charge in [-0.05, 0) is 35.9 Å². The monoisotopic (exact) mass is 552 g/mol. The van der Waals surface area contributed by atoms with Crippen molar-refractivity contribution in [2.24, 2.45) is 7.05 Å². The molecule has 1 N–H and O–H groups in total. The molecule has 2 aromatic carbocycles. The summed E-state index contributed by atoms with van der Waals surface area (Å²) in [6.45, 7) is -0.0806. The van der Waals surface area contributed by atoms with Gasteiger partial charge in [0.25, 0.3) is 11.1 Å². The van der Waals surface area contributed by atoms with Crippen molar-refractivity contribution < 1.29 is 13.6 Å². The fraction of sp³-hybridized carbons (Fsp3) is 0.133. The summed E-state index contributed by atoms with van der Waals surface area (Å²) < 4.78 is 29.3. The van der Waals surface area contributed by atoms with Crippen molar-refractivity contribution in [1.82, 2.24) is 24.1 Å². The second-order valence-electron chi connectivity index (χ2n) is 9.10. The van der Waals surface area contributed by atoms with E-state index in [1.807, 2.05) is 30.3 Å². The van der Waals surface area contributed by atoms with E-state index in [4.69, 9.17) is 0 Å². The Balaban J connectivity index is 1.28. The first-order chi connectivity index (χ1) is 19.8. The number of benzene rings is 2. The topological polar surface area (TPSA) is 112 Å². The number of aryl methyl sites for hydroxylation is 1. The van der Waals surface area contributed by atoms with Gasteiger partial charge in [-0.25, -0.2) is 18.7 Å². The molecule has 3 aromatic heterocycles. The van der Waals surface area contributed by atoms with E-state index in [1.54, 1.807) is 19.3 Å². The van der Waals surface area contributed by atoms with Crippen molar-refractivity contribution in [3.63, 3.8) is 0 Å². The van der Waals surface area contributed by atoms with Crippen LogP contribution in [0.2, 0.25) is 0 Å². The van der Waals surface area contributed by atoms with Gasteiger partial charge in [0.05, 0.1) is 18.4 Å². The number of hydrogen-bond donors (Lipinski definition) is 1. The van der Waals surface area contributed by atoms with Crippen molar-refractivity contribution in [2.45, 2.75) is 19.4 Å². The van der Waals surface area contributed by atoms with E-state index in [2.05, 4.69) is 32.1 Å². The quantitative estimate of drug-likeness (QED) is 0.240. The van der Waals surface area contributed by atoms with Gasteiger partial charge in [0, 0.05) is 43.4 Å². The third-order valence-corrected chi connectivity index (χ3v) is 6.22. The maximum Gasteiger partial charge on any atom is 0.267 e. The molecule has 0 atom stereocenters. The molecule has 0 bridgehead atoms. The van der Waals surface area contributed by atoms with Crippen LogP contribution in [0.3, 0.4) is 0 Å². The first-order valence-electron chi connectivity index (χ1n) is 12.5. The lowest BCUT2D eigenvalue weighted by molar-refractivity contribution is 0.0982. The van der Waals surface area contributed by atoms with E-state index in [1.165, 1.54) is 23.2 Å². The highest BCUT2D eigenvalue weighted by molar-refractivity contribution is 5.95. The number of fused-ring (bicyclic) bond motifs is 1. The summed E-state index contributed by atoms with van der Waals surface area (Å²) in [6.07, 6.45) is 3.99. The molecule has 0 spiro atoms. The van der Waals surface area contributed by atoms with Crippen molar-refractivity contribution in [2.75, 3.05) is 5.32 Å². The Morgan fingerprint density at radius 3 is 2.59 bits per heavy atom. The molecule has 0 aliphatic rings. The average molecular weight is 553 g/mol. The maximum absolute atomic E-state index is 13.5. The van der Waals surface area contributed by atoms with Gasteiger partial charge in [0.1, 0.15) is 11.2 Å². The molecule has 0 aliphatic carbocycles. The largest absolute Gasteiger partial charge is 0.324 e. The second kappa shape index (κ2) is 11.7. The average Bonchev–Trinajstić information content (AvgIpc) is 2.97. The summed E-state index contributed by atoms with van der Waals surface area (Å²) in [4.78, 5) is 51.1. The lowest BCUT2D eigenvalue weighted by Gasteiger charge is -2.08. The Hall–Kier alpha value is -5.50. The van der Waals surface area contributed by atoms with Crippen LogP contribution < -0.4 is 16.4 Å². The Labute approximate surface area is 232 Å². The van der Waals surface area contributed by atoms with Gasteiger partial charge < -0.3 is 5.32 Å². The number of ketones is 1. The number of Topliss-reactive ketones (excluding diaryl/α,β-unsaturated/α-hetero) is 1. The number of anilines is 2. The summed E-state index contributed by atoms with van der Waals surface area (Å²) in [6, 6.07) is 14.3. The van der Waals surface area contributed by atoms with Gasteiger partial charge in [0.2, 0.25) is 5.95 Å².